The first-order valence-electron chi connectivity index (χ1n) is 4.97. The third-order valence-corrected chi connectivity index (χ3v) is 2.88. The maximum absolute atomic E-state index is 9.80. The van der Waals surface area contributed by atoms with E-state index in [-0.39, 0.29) is 51.0 Å². The average Bonchev–Trinajstić information content (AvgIpc) is 2.21. The van der Waals surface area contributed by atoms with Crippen LogP contribution < -0.4 is 10.2 Å². The first-order chi connectivity index (χ1) is 6.83. The third-order valence-electron chi connectivity index (χ3n) is 1.49. The van der Waals surface area contributed by atoms with Crippen LogP contribution in [0, 0.1) is 0 Å². The minimum atomic E-state index is 0. The number of rotatable bonds is 8. The van der Waals surface area contributed by atoms with Gasteiger partial charge in [-0.1, -0.05) is 12.8 Å². The van der Waals surface area contributed by atoms with Crippen molar-refractivity contribution in [2.75, 3.05) is 37.2 Å². The quantitative estimate of drug-likeness (QED) is 0.482. The molecule has 0 amide bonds. The summed E-state index contributed by atoms with van der Waals surface area (Å²) in [6.45, 7) is 0.196. The molecule has 0 fully saturated rings. The van der Waals surface area contributed by atoms with Crippen molar-refractivity contribution in [2.24, 2.45) is 0 Å². The Balaban J connectivity index is -0.000000180. The van der Waals surface area contributed by atoms with Gasteiger partial charge in [0.15, 0.2) is 0 Å². The summed E-state index contributed by atoms with van der Waals surface area (Å²) in [5, 5.41) is 19.6. The van der Waals surface area contributed by atoms with E-state index in [1.165, 1.54) is 0 Å². The minimum Gasteiger partial charge on any atom is -0.854 e. The minimum absolute atomic E-state index is 0. The van der Waals surface area contributed by atoms with Gasteiger partial charge in [-0.25, -0.2) is 0 Å². The van der Waals surface area contributed by atoms with Crippen molar-refractivity contribution in [1.29, 1.82) is 0 Å². The van der Waals surface area contributed by atoms with E-state index in [1.807, 2.05) is 0 Å². The average molecular weight is 278 g/mol. The van der Waals surface area contributed by atoms with Crippen molar-refractivity contribution >= 4 is 61.3 Å². The van der Waals surface area contributed by atoms with Crippen molar-refractivity contribution in [1.82, 2.24) is 0 Å². The van der Waals surface area contributed by atoms with Crippen LogP contribution in [0.1, 0.15) is 25.7 Å². The number of hydrogen-bond acceptors (Lipinski definition) is 4. The topological polar surface area (TPSA) is 46.1 Å². The van der Waals surface area contributed by atoms with Crippen molar-refractivity contribution in [3.63, 3.8) is 0 Å². The number of unbranched alkanes of at least 4 members (excludes halogenated alkanes) is 2. The monoisotopic (exact) mass is 278 g/mol. The van der Waals surface area contributed by atoms with Crippen LogP contribution in [0.25, 0.3) is 0 Å². The van der Waals surface area contributed by atoms with Crippen LogP contribution in [-0.2, 0) is 0 Å². The van der Waals surface area contributed by atoms with E-state index in [1.54, 1.807) is 23.5 Å². The van der Waals surface area contributed by atoms with Crippen molar-refractivity contribution in [3.05, 3.63) is 0 Å². The maximum atomic E-state index is 9.80. The van der Waals surface area contributed by atoms with Gasteiger partial charge in [-0.2, -0.15) is 23.5 Å². The summed E-state index contributed by atoms with van der Waals surface area (Å²) in [5.41, 5.74) is 0. The summed E-state index contributed by atoms with van der Waals surface area (Å²) in [7, 11) is 0. The molecule has 0 bridgehead atoms. The van der Waals surface area contributed by atoms with Crippen molar-refractivity contribution in [3.8, 4) is 0 Å². The SMILES string of the molecule is CSCCCC[O-].CSCCCC[O-].[Ca+2]. The molecule has 0 aromatic heterocycles. The fourth-order valence-corrected chi connectivity index (χ4v) is 1.68. The fraction of sp³-hybridized carbons (Fsp3) is 1.00. The van der Waals surface area contributed by atoms with Gasteiger partial charge in [-0.15, -0.1) is 13.2 Å². The van der Waals surface area contributed by atoms with Gasteiger partial charge < -0.3 is 10.2 Å². The molecule has 0 saturated carbocycles. The van der Waals surface area contributed by atoms with Crippen LogP contribution in [0.3, 0.4) is 0 Å². The standard InChI is InChI=1S/2C5H11OS.Ca/c2*1-7-5-3-2-4-6;/h2*2-5H2,1H3;/q2*-1;+2. The first-order valence-corrected chi connectivity index (χ1v) is 7.76. The molecule has 0 aromatic carbocycles. The molecule has 0 spiro atoms. The summed E-state index contributed by atoms with van der Waals surface area (Å²) < 4.78 is 0. The van der Waals surface area contributed by atoms with E-state index in [0.717, 1.165) is 37.2 Å². The Morgan fingerprint density at radius 2 is 1.07 bits per heavy atom. The van der Waals surface area contributed by atoms with Gasteiger partial charge in [-0.3, -0.25) is 0 Å². The smallest absolute Gasteiger partial charge is 0.854 e. The molecule has 5 heteroatoms. The van der Waals surface area contributed by atoms with E-state index < -0.39 is 0 Å². The Kier molecular flexibility index (Phi) is 36.7. The molecule has 0 aromatic rings. The molecular formula is C10H22CaO2S2. The van der Waals surface area contributed by atoms with E-state index in [9.17, 15) is 10.2 Å². The molecule has 0 aliphatic heterocycles. The first kappa shape index (κ1) is 22.1. The van der Waals surface area contributed by atoms with Crippen molar-refractivity contribution < 1.29 is 10.2 Å². The zero-order chi connectivity index (χ0) is 11.1. The Morgan fingerprint density at radius 3 is 1.27 bits per heavy atom. The Bertz CT molecular complexity index is 69.8. The summed E-state index contributed by atoms with van der Waals surface area (Å²) in [4.78, 5) is 0. The van der Waals surface area contributed by atoms with E-state index >= 15 is 0 Å². The summed E-state index contributed by atoms with van der Waals surface area (Å²) >= 11 is 3.61. The molecule has 0 rings (SSSR count). The molecule has 0 aliphatic rings. The summed E-state index contributed by atoms with van der Waals surface area (Å²) in [6, 6.07) is 0. The van der Waals surface area contributed by atoms with Gasteiger partial charge >= 0.3 is 37.7 Å². The van der Waals surface area contributed by atoms with Crippen LogP contribution in [0.15, 0.2) is 0 Å². The zero-order valence-electron chi connectivity index (χ0n) is 10.00. The van der Waals surface area contributed by atoms with E-state index in [0.29, 0.717) is 0 Å². The Hall–Kier alpha value is 1.88. The molecule has 2 nitrogen and oxygen atoms in total. The van der Waals surface area contributed by atoms with Gasteiger partial charge in [0.25, 0.3) is 0 Å². The molecule has 15 heavy (non-hydrogen) atoms. The second kappa shape index (κ2) is 24.9. The van der Waals surface area contributed by atoms with Crippen LogP contribution in [0.4, 0.5) is 0 Å². The van der Waals surface area contributed by atoms with Crippen LogP contribution in [-0.4, -0.2) is 75.0 Å². The second-order valence-corrected chi connectivity index (χ2v) is 4.78. The van der Waals surface area contributed by atoms with Gasteiger partial charge in [0.05, 0.1) is 0 Å². The predicted octanol–water partition coefficient (Wildman–Crippen LogP) is 0.599. The molecule has 0 atom stereocenters. The normalized spacial score (nSPS) is 8.80. The zero-order valence-corrected chi connectivity index (χ0v) is 13.8. The summed E-state index contributed by atoms with van der Waals surface area (Å²) in [6.07, 6.45) is 7.99. The Morgan fingerprint density at radius 1 is 0.733 bits per heavy atom. The molecular weight excluding hydrogens is 256 g/mol. The molecule has 0 N–H and O–H groups in total. The largest absolute Gasteiger partial charge is 2.00 e. The van der Waals surface area contributed by atoms with E-state index in [4.69, 9.17) is 0 Å². The van der Waals surface area contributed by atoms with E-state index in [2.05, 4.69) is 12.5 Å². The van der Waals surface area contributed by atoms with Crippen molar-refractivity contribution in [2.45, 2.75) is 25.7 Å². The van der Waals surface area contributed by atoms with Crippen LogP contribution >= 0.6 is 23.5 Å². The van der Waals surface area contributed by atoms with Gasteiger partial charge in [-0.05, 0) is 36.9 Å². The van der Waals surface area contributed by atoms with Gasteiger partial charge in [0, 0.05) is 0 Å². The predicted molar refractivity (Wildman–Crippen MR) is 70.7 cm³/mol. The number of thioether (sulfide) groups is 2. The molecule has 0 heterocycles. The maximum Gasteiger partial charge on any atom is 2.00 e. The third kappa shape index (κ3) is 31.3. The molecule has 0 radical (unpaired) electrons. The van der Waals surface area contributed by atoms with Gasteiger partial charge in [0.2, 0.25) is 0 Å². The van der Waals surface area contributed by atoms with Crippen LogP contribution in [0.5, 0.6) is 0 Å². The molecule has 0 saturated heterocycles. The summed E-state index contributed by atoms with van der Waals surface area (Å²) in [5.74, 6) is 2.28. The van der Waals surface area contributed by atoms with Crippen LogP contribution in [0.2, 0.25) is 0 Å². The molecule has 0 unspecified atom stereocenters. The fourth-order valence-electron chi connectivity index (χ4n) is 0.697. The molecule has 88 valence electrons. The molecule has 0 aliphatic carbocycles. The Labute approximate surface area is 133 Å². The second-order valence-electron chi connectivity index (χ2n) is 2.81. The van der Waals surface area contributed by atoms with Gasteiger partial charge in [0.1, 0.15) is 0 Å². The number of hydrogen-bond donors (Lipinski definition) is 0.